The average Bonchev–Trinajstić information content (AvgIpc) is 1.79. The van der Waals surface area contributed by atoms with Gasteiger partial charge in [0, 0.05) is 6.92 Å². The van der Waals surface area contributed by atoms with Crippen LogP contribution >= 0.6 is 15.2 Å². The Morgan fingerprint density at radius 2 is 1.43 bits per heavy atom. The zero-order valence-corrected chi connectivity index (χ0v) is 9.20. The van der Waals surface area contributed by atoms with Crippen LogP contribution in [-0.4, -0.2) is 30.5 Å². The van der Waals surface area contributed by atoms with Crippen molar-refractivity contribution in [3.8, 4) is 0 Å². The third-order valence-corrected chi connectivity index (χ3v) is 5.60. The molecule has 5 N–H and O–H groups in total. The Morgan fingerprint density at radius 1 is 1.14 bits per heavy atom. The average molecular weight is 247 g/mol. The van der Waals surface area contributed by atoms with Crippen LogP contribution in [0.2, 0.25) is 0 Å². The Hall–Kier alpha value is -0.230. The van der Waals surface area contributed by atoms with Gasteiger partial charge in [-0.3, -0.25) is 13.9 Å². The predicted octanol–water partition coefficient (Wildman–Crippen LogP) is -0.848. The maximum atomic E-state index is 10.8. The van der Waals surface area contributed by atoms with E-state index in [2.05, 4.69) is 0 Å². The summed E-state index contributed by atoms with van der Waals surface area (Å²) in [5, 5.41) is -1.30. The number of hydrogen-bond donors (Lipinski definition) is 5. The minimum absolute atomic E-state index is 0.593. The number of carbonyl (C=O) groups is 1. The van der Waals surface area contributed by atoms with Gasteiger partial charge in [-0.05, 0) is 6.92 Å². The van der Waals surface area contributed by atoms with E-state index in [9.17, 15) is 13.9 Å². The highest BCUT2D eigenvalue weighted by Crippen LogP contribution is 2.66. The monoisotopic (exact) mass is 247 g/mol. The Morgan fingerprint density at radius 3 is 1.50 bits per heavy atom. The van der Waals surface area contributed by atoms with Crippen molar-refractivity contribution in [1.29, 1.82) is 0 Å². The molecule has 8 nitrogen and oxygen atoms in total. The lowest BCUT2D eigenvalue weighted by atomic mass is 10.6. The van der Waals surface area contributed by atoms with Crippen LogP contribution in [-0.2, 0) is 13.9 Å². The first-order valence-corrected chi connectivity index (χ1v) is 6.54. The smallest absolute Gasteiger partial charge is 0.330 e. The van der Waals surface area contributed by atoms with E-state index in [0.29, 0.717) is 6.92 Å². The molecule has 0 atom stereocenters. The maximum Gasteiger partial charge on any atom is 0.363 e. The fraction of sp³-hybridized carbons (Fsp3) is 0.750. The largest absolute Gasteiger partial charge is 0.363 e. The molecule has 0 aromatic heterocycles. The molecule has 0 bridgehead atoms. The van der Waals surface area contributed by atoms with Gasteiger partial charge in [0.25, 0.3) is 0 Å². The molecule has 14 heavy (non-hydrogen) atoms. The summed E-state index contributed by atoms with van der Waals surface area (Å²) in [6.07, 6.45) is 0. The molecular formula is C4H11NO7P2. The van der Waals surface area contributed by atoms with Gasteiger partial charge in [-0.15, -0.1) is 0 Å². The topological polar surface area (TPSA) is 144 Å². The van der Waals surface area contributed by atoms with E-state index in [-0.39, 0.29) is 0 Å². The van der Waals surface area contributed by atoms with Crippen LogP contribution in [0.5, 0.6) is 0 Å². The quantitative estimate of drug-likeness (QED) is 0.408. The highest BCUT2D eigenvalue weighted by molar-refractivity contribution is 7.72. The van der Waals surface area contributed by atoms with Crippen LogP contribution in [0, 0.1) is 0 Å². The van der Waals surface area contributed by atoms with E-state index in [1.807, 2.05) is 0 Å². The molecule has 0 aliphatic carbocycles. The molecule has 0 unspecified atom stereocenters. The zero-order valence-electron chi connectivity index (χ0n) is 7.41. The predicted molar refractivity (Wildman–Crippen MR) is 46.3 cm³/mol. The highest BCUT2D eigenvalue weighted by Gasteiger charge is 2.57. The van der Waals surface area contributed by atoms with E-state index in [1.165, 1.54) is 0 Å². The second-order valence-electron chi connectivity index (χ2n) is 2.79. The zero-order chi connectivity index (χ0) is 11.8. The summed E-state index contributed by atoms with van der Waals surface area (Å²) in [5.74, 6) is -0.945. The molecule has 0 saturated carbocycles. The van der Waals surface area contributed by atoms with Crippen LogP contribution in [0.1, 0.15) is 13.8 Å². The van der Waals surface area contributed by atoms with Gasteiger partial charge in [0.1, 0.15) is 0 Å². The molecule has 0 spiro atoms. The summed E-state index contributed by atoms with van der Waals surface area (Å²) >= 11 is 0. The molecule has 0 aromatic rings. The first-order chi connectivity index (χ1) is 5.92. The fourth-order valence-electron chi connectivity index (χ4n) is 0.649. The van der Waals surface area contributed by atoms with Crippen molar-refractivity contribution in [1.82, 2.24) is 5.32 Å². The van der Waals surface area contributed by atoms with Crippen molar-refractivity contribution in [2.75, 3.05) is 0 Å². The summed E-state index contributed by atoms with van der Waals surface area (Å²) < 4.78 is 21.6. The molecule has 0 aliphatic heterocycles. The lowest BCUT2D eigenvalue weighted by Crippen LogP contribution is -2.44. The van der Waals surface area contributed by atoms with Gasteiger partial charge in [0.2, 0.25) is 10.9 Å². The van der Waals surface area contributed by atoms with Crippen molar-refractivity contribution in [3.05, 3.63) is 0 Å². The van der Waals surface area contributed by atoms with Crippen molar-refractivity contribution in [2.24, 2.45) is 0 Å². The van der Waals surface area contributed by atoms with Gasteiger partial charge in [-0.2, -0.15) is 0 Å². The molecule has 0 radical (unpaired) electrons. The Bertz CT molecular complexity index is 305. The molecule has 0 saturated heterocycles. The van der Waals surface area contributed by atoms with Gasteiger partial charge in [-0.25, -0.2) is 0 Å². The molecular weight excluding hydrogens is 236 g/mol. The standard InChI is InChI=1S/C4H11NO7P2/c1-3(6)5-4(2,13(7,8)9)14(10,11)12/h1-2H3,(H,5,6)(H2,7,8,9)(H2,10,11,12). The highest BCUT2D eigenvalue weighted by atomic mass is 31.2. The first-order valence-electron chi connectivity index (χ1n) is 3.32. The molecule has 0 rings (SSSR count). The molecule has 1 amide bonds. The number of carbonyl (C=O) groups excluding carboxylic acids is 1. The minimum Gasteiger partial charge on any atom is -0.330 e. The van der Waals surface area contributed by atoms with E-state index in [1.54, 1.807) is 5.32 Å². The Labute approximate surface area is 79.6 Å². The summed E-state index contributed by atoms with van der Waals surface area (Å²) in [6, 6.07) is 0. The lowest BCUT2D eigenvalue weighted by molar-refractivity contribution is -0.119. The molecule has 10 heteroatoms. The number of amides is 1. The molecule has 0 aromatic carbocycles. The maximum absolute atomic E-state index is 10.8. The summed E-state index contributed by atoms with van der Waals surface area (Å²) in [6.45, 7) is 1.49. The van der Waals surface area contributed by atoms with Crippen molar-refractivity contribution >= 4 is 21.1 Å². The second-order valence-corrected chi connectivity index (χ2v) is 7.11. The normalized spacial score (nSPS) is 13.9. The van der Waals surface area contributed by atoms with Crippen molar-refractivity contribution in [3.63, 3.8) is 0 Å². The van der Waals surface area contributed by atoms with Gasteiger partial charge < -0.3 is 24.9 Å². The molecule has 0 heterocycles. The van der Waals surface area contributed by atoms with E-state index < -0.39 is 26.1 Å². The SMILES string of the molecule is CC(=O)NC(C)(P(=O)(O)O)P(=O)(O)O. The third kappa shape index (κ3) is 2.63. The van der Waals surface area contributed by atoms with Crippen LogP contribution in [0.3, 0.4) is 0 Å². The lowest BCUT2D eigenvalue weighted by Gasteiger charge is -2.30. The van der Waals surface area contributed by atoms with Gasteiger partial charge >= 0.3 is 15.2 Å². The first kappa shape index (κ1) is 13.8. The minimum atomic E-state index is -5.16. The van der Waals surface area contributed by atoms with Gasteiger partial charge in [-0.1, -0.05) is 0 Å². The molecule has 0 aliphatic rings. The molecule has 0 fully saturated rings. The number of nitrogens with one attached hydrogen (secondary N) is 1. The van der Waals surface area contributed by atoms with E-state index in [4.69, 9.17) is 19.6 Å². The summed E-state index contributed by atoms with van der Waals surface area (Å²) in [5.41, 5.74) is 0. The van der Waals surface area contributed by atoms with Gasteiger partial charge in [0.15, 0.2) is 0 Å². The number of hydrogen-bond acceptors (Lipinski definition) is 3. The van der Waals surface area contributed by atoms with Crippen LogP contribution in [0.15, 0.2) is 0 Å². The van der Waals surface area contributed by atoms with Crippen LogP contribution in [0.25, 0.3) is 0 Å². The van der Waals surface area contributed by atoms with Crippen LogP contribution in [0.4, 0.5) is 0 Å². The second kappa shape index (κ2) is 3.73. The summed E-state index contributed by atoms with van der Waals surface area (Å²) in [4.78, 5) is 45.5. The summed E-state index contributed by atoms with van der Waals surface area (Å²) in [7, 11) is -10.3. The fourth-order valence-corrected chi connectivity index (χ4v) is 2.61. The van der Waals surface area contributed by atoms with Crippen molar-refractivity contribution < 1.29 is 33.5 Å². The number of rotatable bonds is 3. The Balaban J connectivity index is 5.41. The van der Waals surface area contributed by atoms with Crippen LogP contribution < -0.4 is 5.32 Å². The van der Waals surface area contributed by atoms with E-state index >= 15 is 0 Å². The molecule has 84 valence electrons. The van der Waals surface area contributed by atoms with Gasteiger partial charge in [0.05, 0.1) is 0 Å². The third-order valence-electron chi connectivity index (χ3n) is 1.55. The van der Waals surface area contributed by atoms with E-state index in [0.717, 1.165) is 6.92 Å². The van der Waals surface area contributed by atoms with Crippen molar-refractivity contribution in [2.45, 2.75) is 18.9 Å². The Kier molecular flexibility index (Phi) is 3.67.